The molecule has 0 aliphatic carbocycles. The molecule has 1 aromatic carbocycles. The number of fused-ring (bicyclic) bond motifs is 2. The molecule has 8 nitrogen and oxygen atoms in total. The Bertz CT molecular complexity index is 1210. The Morgan fingerprint density at radius 3 is 2.71 bits per heavy atom. The lowest BCUT2D eigenvalue weighted by Crippen LogP contribution is -2.36. The summed E-state index contributed by atoms with van der Waals surface area (Å²) in [6.07, 6.45) is 5.67. The van der Waals surface area contributed by atoms with Crippen LogP contribution in [0.3, 0.4) is 0 Å². The third-order valence-corrected chi connectivity index (χ3v) is 5.45. The Morgan fingerprint density at radius 2 is 1.96 bits per heavy atom. The largest absolute Gasteiger partial charge is 0.335 e. The zero-order valence-electron chi connectivity index (χ0n) is 16.1. The highest BCUT2D eigenvalue weighted by molar-refractivity contribution is 5.95. The van der Waals surface area contributed by atoms with Gasteiger partial charge in [0.25, 0.3) is 0 Å². The second-order valence-corrected chi connectivity index (χ2v) is 7.28. The van der Waals surface area contributed by atoms with Gasteiger partial charge < -0.3 is 9.47 Å². The van der Waals surface area contributed by atoms with Crippen LogP contribution in [0.15, 0.2) is 36.9 Å². The summed E-state index contributed by atoms with van der Waals surface area (Å²) in [4.78, 5) is 18.4. The van der Waals surface area contributed by atoms with E-state index in [1.54, 1.807) is 11.6 Å². The molecule has 1 aliphatic heterocycles. The topological polar surface area (TPSA) is 73.8 Å². The van der Waals surface area contributed by atoms with Crippen molar-refractivity contribution < 1.29 is 4.79 Å². The van der Waals surface area contributed by atoms with Crippen molar-refractivity contribution in [3.05, 3.63) is 42.6 Å². The van der Waals surface area contributed by atoms with Gasteiger partial charge in [-0.2, -0.15) is 10.2 Å². The van der Waals surface area contributed by atoms with Crippen molar-refractivity contribution >= 4 is 16.8 Å². The Kier molecular flexibility index (Phi) is 3.61. The summed E-state index contributed by atoms with van der Waals surface area (Å²) < 4.78 is 5.81. The molecule has 0 atom stereocenters. The van der Waals surface area contributed by atoms with Gasteiger partial charge in [0.2, 0.25) is 5.91 Å². The first-order valence-electron chi connectivity index (χ1n) is 9.27. The van der Waals surface area contributed by atoms with Gasteiger partial charge in [-0.1, -0.05) is 6.07 Å². The fourth-order valence-corrected chi connectivity index (χ4v) is 3.93. The number of hydrogen-bond acceptors (Lipinski definition) is 4. The number of amides is 1. The lowest BCUT2D eigenvalue weighted by Gasteiger charge is -2.27. The minimum atomic E-state index is 0.0972. The molecule has 0 fully saturated rings. The van der Waals surface area contributed by atoms with Crippen LogP contribution in [0.1, 0.15) is 12.6 Å². The van der Waals surface area contributed by atoms with Crippen molar-refractivity contribution in [1.29, 1.82) is 0 Å². The number of aryl methyl sites for hydroxylation is 2. The number of benzene rings is 1. The van der Waals surface area contributed by atoms with Crippen molar-refractivity contribution in [1.82, 2.24) is 34.0 Å². The molecule has 3 aromatic heterocycles. The highest BCUT2D eigenvalue weighted by Crippen LogP contribution is 2.33. The Labute approximate surface area is 162 Å². The maximum Gasteiger partial charge on any atom is 0.219 e. The lowest BCUT2D eigenvalue weighted by molar-refractivity contribution is -0.130. The van der Waals surface area contributed by atoms with Crippen molar-refractivity contribution in [2.75, 3.05) is 6.54 Å². The minimum Gasteiger partial charge on any atom is -0.335 e. The molecule has 0 saturated heterocycles. The summed E-state index contributed by atoms with van der Waals surface area (Å²) in [5.74, 6) is 0.0972. The standard InChI is InChI=1S/C20H21N7O/c1-13(28)26-6-7-27-12-21-20(18(27)11-26)14-4-5-17-16(8-14)19(23-25(17)3)15-9-22-24(2)10-15/h4-5,8-10,12H,6-7,11H2,1-3H3. The molecule has 4 aromatic rings. The summed E-state index contributed by atoms with van der Waals surface area (Å²) in [5, 5.41) is 10.0. The number of aromatic nitrogens is 6. The van der Waals surface area contributed by atoms with Crippen molar-refractivity contribution in [3.8, 4) is 22.5 Å². The Morgan fingerprint density at radius 1 is 1.11 bits per heavy atom. The van der Waals surface area contributed by atoms with Crippen LogP contribution in [0.5, 0.6) is 0 Å². The van der Waals surface area contributed by atoms with Gasteiger partial charge in [-0.05, 0) is 12.1 Å². The summed E-state index contributed by atoms with van der Waals surface area (Å²) in [6.45, 7) is 3.71. The lowest BCUT2D eigenvalue weighted by atomic mass is 10.0. The first-order valence-corrected chi connectivity index (χ1v) is 9.27. The molecule has 0 spiro atoms. The highest BCUT2D eigenvalue weighted by atomic mass is 16.2. The molecule has 0 radical (unpaired) electrons. The molecule has 1 amide bonds. The maximum absolute atomic E-state index is 11.8. The average Bonchev–Trinajstić information content (AvgIpc) is 3.38. The second kappa shape index (κ2) is 6.05. The second-order valence-electron chi connectivity index (χ2n) is 7.28. The Balaban J connectivity index is 1.64. The van der Waals surface area contributed by atoms with Crippen LogP contribution < -0.4 is 0 Å². The van der Waals surface area contributed by atoms with E-state index >= 15 is 0 Å². The smallest absolute Gasteiger partial charge is 0.219 e. The van der Waals surface area contributed by atoms with Crippen LogP contribution in [-0.4, -0.2) is 46.5 Å². The Hall–Kier alpha value is -3.42. The molecular weight excluding hydrogens is 354 g/mol. The van der Waals surface area contributed by atoms with Gasteiger partial charge in [-0.15, -0.1) is 0 Å². The first-order chi connectivity index (χ1) is 13.5. The summed E-state index contributed by atoms with van der Waals surface area (Å²) in [7, 11) is 3.85. The molecule has 0 N–H and O–H groups in total. The molecule has 5 rings (SSSR count). The summed E-state index contributed by atoms with van der Waals surface area (Å²) >= 11 is 0. The van der Waals surface area contributed by atoms with Crippen LogP contribution in [0.4, 0.5) is 0 Å². The highest BCUT2D eigenvalue weighted by Gasteiger charge is 2.23. The minimum absolute atomic E-state index is 0.0972. The molecular formula is C20H21N7O. The van der Waals surface area contributed by atoms with Gasteiger partial charge >= 0.3 is 0 Å². The molecule has 142 valence electrons. The van der Waals surface area contributed by atoms with Crippen molar-refractivity contribution in [2.24, 2.45) is 14.1 Å². The van der Waals surface area contributed by atoms with Gasteiger partial charge in [0.05, 0.1) is 36.0 Å². The van der Waals surface area contributed by atoms with Gasteiger partial charge in [0.15, 0.2) is 0 Å². The van der Waals surface area contributed by atoms with Crippen molar-refractivity contribution in [3.63, 3.8) is 0 Å². The van der Waals surface area contributed by atoms with E-state index in [-0.39, 0.29) is 5.91 Å². The fraction of sp³-hybridized carbons (Fsp3) is 0.300. The number of imidazole rings is 1. The predicted molar refractivity (Wildman–Crippen MR) is 105 cm³/mol. The molecule has 4 heterocycles. The summed E-state index contributed by atoms with van der Waals surface area (Å²) in [5.41, 5.74) is 5.98. The number of carbonyl (C=O) groups excluding carboxylic acids is 1. The maximum atomic E-state index is 11.8. The third kappa shape index (κ3) is 2.52. The van der Waals surface area contributed by atoms with Crippen LogP contribution in [-0.2, 0) is 32.0 Å². The zero-order chi connectivity index (χ0) is 19.4. The van der Waals surface area contributed by atoms with E-state index in [0.29, 0.717) is 6.54 Å². The van der Waals surface area contributed by atoms with Crippen LogP contribution in [0, 0.1) is 0 Å². The molecule has 1 aliphatic rings. The SMILES string of the molecule is CC(=O)N1CCn2cnc(-c3ccc4c(c3)c(-c3cnn(C)c3)nn4C)c2C1. The van der Waals surface area contributed by atoms with E-state index in [0.717, 1.165) is 52.2 Å². The van der Waals surface area contributed by atoms with Gasteiger partial charge in [0, 0.05) is 56.8 Å². The quantitative estimate of drug-likeness (QED) is 0.538. The average molecular weight is 375 g/mol. The molecule has 0 unspecified atom stereocenters. The van der Waals surface area contributed by atoms with Crippen LogP contribution in [0.2, 0.25) is 0 Å². The normalized spacial score (nSPS) is 13.9. The number of carbonyl (C=O) groups is 1. The summed E-state index contributed by atoms with van der Waals surface area (Å²) in [6, 6.07) is 6.29. The van der Waals surface area contributed by atoms with E-state index in [2.05, 4.69) is 32.8 Å². The van der Waals surface area contributed by atoms with Gasteiger partial charge in [0.1, 0.15) is 5.69 Å². The molecule has 28 heavy (non-hydrogen) atoms. The van der Waals surface area contributed by atoms with E-state index in [4.69, 9.17) is 5.10 Å². The molecule has 0 saturated carbocycles. The van der Waals surface area contributed by atoms with E-state index in [9.17, 15) is 4.79 Å². The van der Waals surface area contributed by atoms with Gasteiger partial charge in [-0.3, -0.25) is 14.2 Å². The van der Waals surface area contributed by atoms with E-state index in [1.807, 2.05) is 42.4 Å². The molecule has 0 bridgehead atoms. The number of rotatable bonds is 2. The monoisotopic (exact) mass is 375 g/mol. The van der Waals surface area contributed by atoms with E-state index in [1.165, 1.54) is 0 Å². The van der Waals surface area contributed by atoms with Crippen LogP contribution >= 0.6 is 0 Å². The van der Waals surface area contributed by atoms with Gasteiger partial charge in [-0.25, -0.2) is 4.98 Å². The third-order valence-electron chi connectivity index (χ3n) is 5.45. The number of nitrogens with zero attached hydrogens (tertiary/aromatic N) is 7. The number of hydrogen-bond donors (Lipinski definition) is 0. The first kappa shape index (κ1) is 16.7. The fourth-order valence-electron chi connectivity index (χ4n) is 3.93. The zero-order valence-corrected chi connectivity index (χ0v) is 16.1. The van der Waals surface area contributed by atoms with E-state index < -0.39 is 0 Å². The molecule has 8 heteroatoms. The van der Waals surface area contributed by atoms with Crippen LogP contribution in [0.25, 0.3) is 33.4 Å². The predicted octanol–water partition coefficient (Wildman–Crippen LogP) is 2.20. The van der Waals surface area contributed by atoms with Crippen molar-refractivity contribution in [2.45, 2.75) is 20.0 Å².